The van der Waals surface area contributed by atoms with Gasteiger partial charge in [-0.2, -0.15) is 4.37 Å². The van der Waals surface area contributed by atoms with Crippen LogP contribution in [0.1, 0.15) is 33.1 Å². The fraction of sp³-hybridized carbons (Fsp3) is 0.769. The molecule has 0 atom stereocenters. The van der Waals surface area contributed by atoms with Crippen LogP contribution in [0.5, 0.6) is 0 Å². The predicted molar refractivity (Wildman–Crippen MR) is 85.7 cm³/mol. The van der Waals surface area contributed by atoms with Gasteiger partial charge in [-0.05, 0) is 37.7 Å². The summed E-state index contributed by atoms with van der Waals surface area (Å²) in [7, 11) is -3.35. The van der Waals surface area contributed by atoms with Gasteiger partial charge in [0.1, 0.15) is 9.90 Å². The number of nitrogens with two attached hydrogens (primary N) is 1. The SMILES string of the molecule is CCCS(=O)(=O)c1c(N)nsc1N1CCC(OCC)CC1. The van der Waals surface area contributed by atoms with E-state index >= 15 is 0 Å². The number of nitrogen functional groups attached to an aromatic ring is 1. The molecule has 0 aliphatic carbocycles. The van der Waals surface area contributed by atoms with Crippen LogP contribution in [-0.4, -0.2) is 44.3 Å². The standard InChI is InChI=1S/C13H23N3O3S2/c1-3-9-21(17,18)11-12(14)15-20-13(11)16-7-5-10(6-8-16)19-4-2/h10H,3-9H2,1-2H3,(H2,14,15). The molecule has 0 radical (unpaired) electrons. The van der Waals surface area contributed by atoms with Crippen LogP contribution in [0.25, 0.3) is 0 Å². The van der Waals surface area contributed by atoms with Crippen molar-refractivity contribution < 1.29 is 13.2 Å². The van der Waals surface area contributed by atoms with Crippen molar-refractivity contribution in [3.63, 3.8) is 0 Å². The lowest BCUT2D eigenvalue weighted by Gasteiger charge is -2.32. The molecule has 1 aliphatic rings. The fourth-order valence-corrected chi connectivity index (χ4v) is 5.42. The summed E-state index contributed by atoms with van der Waals surface area (Å²) in [5, 5.41) is 0.691. The van der Waals surface area contributed by atoms with Crippen molar-refractivity contribution in [1.82, 2.24) is 4.37 Å². The summed E-state index contributed by atoms with van der Waals surface area (Å²) in [6.45, 7) is 6.11. The Kier molecular flexibility index (Phi) is 5.45. The average molecular weight is 333 g/mol. The van der Waals surface area contributed by atoms with E-state index in [0.717, 1.165) is 25.9 Å². The Morgan fingerprint density at radius 3 is 2.62 bits per heavy atom. The van der Waals surface area contributed by atoms with E-state index in [0.29, 0.717) is 18.0 Å². The lowest BCUT2D eigenvalue weighted by Crippen LogP contribution is -2.37. The first kappa shape index (κ1) is 16.5. The summed E-state index contributed by atoms with van der Waals surface area (Å²) in [4.78, 5) is 2.30. The number of nitrogens with zero attached hydrogens (tertiary/aromatic N) is 2. The molecule has 0 saturated carbocycles. The van der Waals surface area contributed by atoms with E-state index in [4.69, 9.17) is 10.5 Å². The first-order valence-electron chi connectivity index (χ1n) is 7.34. The minimum atomic E-state index is -3.35. The van der Waals surface area contributed by atoms with Crippen LogP contribution in [-0.2, 0) is 14.6 Å². The van der Waals surface area contributed by atoms with Gasteiger partial charge >= 0.3 is 0 Å². The average Bonchev–Trinajstić information content (AvgIpc) is 2.83. The van der Waals surface area contributed by atoms with Gasteiger partial charge in [0.15, 0.2) is 15.7 Å². The third kappa shape index (κ3) is 3.67. The Morgan fingerprint density at radius 1 is 1.38 bits per heavy atom. The normalized spacial score (nSPS) is 17.3. The van der Waals surface area contributed by atoms with Crippen molar-refractivity contribution in [3.05, 3.63) is 0 Å². The number of rotatable bonds is 6. The van der Waals surface area contributed by atoms with Crippen molar-refractivity contribution >= 4 is 32.2 Å². The van der Waals surface area contributed by atoms with Gasteiger partial charge < -0.3 is 15.4 Å². The zero-order valence-corrected chi connectivity index (χ0v) is 14.2. The zero-order valence-electron chi connectivity index (χ0n) is 12.5. The van der Waals surface area contributed by atoms with Gasteiger partial charge in [-0.25, -0.2) is 8.42 Å². The Balaban J connectivity index is 2.19. The highest BCUT2D eigenvalue weighted by Gasteiger charge is 2.30. The molecule has 120 valence electrons. The van der Waals surface area contributed by atoms with E-state index in [1.165, 1.54) is 11.5 Å². The molecule has 2 N–H and O–H groups in total. The van der Waals surface area contributed by atoms with Gasteiger partial charge in [0.2, 0.25) is 0 Å². The van der Waals surface area contributed by atoms with Gasteiger partial charge in [-0.3, -0.25) is 0 Å². The Bertz CT molecular complexity index is 563. The van der Waals surface area contributed by atoms with Crippen LogP contribution in [0, 0.1) is 0 Å². The molecule has 0 unspecified atom stereocenters. The van der Waals surface area contributed by atoms with Crippen LogP contribution >= 0.6 is 11.5 Å². The third-order valence-corrected chi connectivity index (χ3v) is 6.60. The van der Waals surface area contributed by atoms with Crippen LogP contribution < -0.4 is 10.6 Å². The molecule has 0 bridgehead atoms. The largest absolute Gasteiger partial charge is 0.382 e. The topological polar surface area (TPSA) is 85.5 Å². The first-order chi connectivity index (χ1) is 9.99. The summed E-state index contributed by atoms with van der Waals surface area (Å²) < 4.78 is 34.4. The zero-order chi connectivity index (χ0) is 15.5. The van der Waals surface area contributed by atoms with Gasteiger partial charge in [0.25, 0.3) is 0 Å². The molecule has 1 aliphatic heterocycles. The number of piperidine rings is 1. The number of anilines is 2. The molecule has 0 spiro atoms. The van der Waals surface area contributed by atoms with E-state index in [1.54, 1.807) is 0 Å². The summed E-state index contributed by atoms with van der Waals surface area (Å²) in [6.07, 6.45) is 2.65. The molecule has 0 amide bonds. The molecule has 1 saturated heterocycles. The number of aromatic nitrogens is 1. The lowest BCUT2D eigenvalue weighted by molar-refractivity contribution is 0.0459. The second-order valence-electron chi connectivity index (χ2n) is 5.16. The molecule has 1 aromatic heterocycles. The minimum Gasteiger partial charge on any atom is -0.382 e. The molecule has 1 aromatic rings. The van der Waals surface area contributed by atoms with Crippen molar-refractivity contribution in [1.29, 1.82) is 0 Å². The van der Waals surface area contributed by atoms with Gasteiger partial charge in [0.05, 0.1) is 11.9 Å². The number of ether oxygens (including phenoxy) is 1. The monoisotopic (exact) mass is 333 g/mol. The van der Waals surface area contributed by atoms with Crippen molar-refractivity contribution in [2.24, 2.45) is 0 Å². The summed E-state index contributed by atoms with van der Waals surface area (Å²) >= 11 is 1.18. The second kappa shape index (κ2) is 6.93. The molecular formula is C13H23N3O3S2. The van der Waals surface area contributed by atoms with E-state index in [2.05, 4.69) is 9.27 Å². The molecule has 8 heteroatoms. The highest BCUT2D eigenvalue weighted by atomic mass is 32.2. The molecule has 0 aromatic carbocycles. The third-order valence-electron chi connectivity index (χ3n) is 3.57. The number of sulfone groups is 1. The lowest BCUT2D eigenvalue weighted by atomic mass is 10.1. The Morgan fingerprint density at radius 2 is 2.05 bits per heavy atom. The summed E-state index contributed by atoms with van der Waals surface area (Å²) in [5.74, 6) is 0.244. The molecular weight excluding hydrogens is 310 g/mol. The molecule has 21 heavy (non-hydrogen) atoms. The van der Waals surface area contributed by atoms with Crippen LogP contribution in [0.15, 0.2) is 4.90 Å². The van der Waals surface area contributed by atoms with E-state index in [1.807, 2.05) is 13.8 Å². The van der Waals surface area contributed by atoms with Crippen molar-refractivity contribution in [2.75, 3.05) is 36.1 Å². The molecule has 2 heterocycles. The van der Waals surface area contributed by atoms with Gasteiger partial charge in [-0.1, -0.05) is 6.92 Å². The highest BCUT2D eigenvalue weighted by Crippen LogP contribution is 2.37. The minimum absolute atomic E-state index is 0.109. The highest BCUT2D eigenvalue weighted by molar-refractivity contribution is 7.91. The van der Waals surface area contributed by atoms with Crippen LogP contribution in [0.3, 0.4) is 0 Å². The molecule has 6 nitrogen and oxygen atoms in total. The van der Waals surface area contributed by atoms with E-state index in [9.17, 15) is 8.42 Å². The number of hydrogen-bond donors (Lipinski definition) is 1. The second-order valence-corrected chi connectivity index (χ2v) is 7.96. The Labute approximate surface area is 130 Å². The summed E-state index contributed by atoms with van der Waals surface area (Å²) in [6, 6.07) is 0. The summed E-state index contributed by atoms with van der Waals surface area (Å²) in [5.41, 5.74) is 5.81. The van der Waals surface area contributed by atoms with Gasteiger partial charge in [0, 0.05) is 19.7 Å². The fourth-order valence-electron chi connectivity index (χ4n) is 2.61. The van der Waals surface area contributed by atoms with Crippen LogP contribution in [0.4, 0.5) is 10.8 Å². The maximum absolute atomic E-state index is 12.4. The predicted octanol–water partition coefficient (Wildman–Crippen LogP) is 1.91. The Hall–Kier alpha value is -0.860. The van der Waals surface area contributed by atoms with Crippen molar-refractivity contribution in [3.8, 4) is 0 Å². The molecule has 2 rings (SSSR count). The van der Waals surface area contributed by atoms with Crippen LogP contribution in [0.2, 0.25) is 0 Å². The van der Waals surface area contributed by atoms with Crippen molar-refractivity contribution in [2.45, 2.75) is 44.1 Å². The quantitative estimate of drug-likeness (QED) is 0.856. The van der Waals surface area contributed by atoms with E-state index < -0.39 is 9.84 Å². The van der Waals surface area contributed by atoms with E-state index in [-0.39, 0.29) is 22.6 Å². The smallest absolute Gasteiger partial charge is 0.185 e. The van der Waals surface area contributed by atoms with Gasteiger partial charge in [-0.15, -0.1) is 0 Å². The maximum Gasteiger partial charge on any atom is 0.185 e. The number of hydrogen-bond acceptors (Lipinski definition) is 7. The molecule has 1 fully saturated rings. The maximum atomic E-state index is 12.4. The first-order valence-corrected chi connectivity index (χ1v) is 9.76.